The zero-order valence-electron chi connectivity index (χ0n) is 17.7. The van der Waals surface area contributed by atoms with E-state index in [2.05, 4.69) is 15.0 Å². The molecule has 0 bridgehead atoms. The quantitative estimate of drug-likeness (QED) is 0.438. The molecule has 2 aromatic rings. The van der Waals surface area contributed by atoms with Crippen LogP contribution in [0.2, 0.25) is 0 Å². The third kappa shape index (κ3) is 5.97. The van der Waals surface area contributed by atoms with Crippen molar-refractivity contribution >= 4 is 32.2 Å². The Morgan fingerprint density at radius 3 is 2.17 bits per heavy atom. The van der Waals surface area contributed by atoms with Crippen molar-refractivity contribution in [1.29, 1.82) is 0 Å². The predicted molar refractivity (Wildman–Crippen MR) is 114 cm³/mol. The minimum absolute atomic E-state index is 0.153. The van der Waals surface area contributed by atoms with Gasteiger partial charge < -0.3 is 28.4 Å². The number of allylic oxidation sites excluding steroid dienone is 2. The number of nitrogens with two attached hydrogens (primary N) is 1. The van der Waals surface area contributed by atoms with Gasteiger partial charge in [0.15, 0.2) is 11.5 Å². The maximum Gasteiger partial charge on any atom is 0.357 e. The number of anilines is 1. The summed E-state index contributed by atoms with van der Waals surface area (Å²) in [5.41, 5.74) is 6.80. The van der Waals surface area contributed by atoms with Crippen LogP contribution in [0.25, 0.3) is 11.2 Å². The van der Waals surface area contributed by atoms with E-state index >= 15 is 0 Å². The molecule has 0 amide bonds. The summed E-state index contributed by atoms with van der Waals surface area (Å²) in [7, 11) is -7.28. The summed E-state index contributed by atoms with van der Waals surface area (Å²) in [4.78, 5) is 12.3. The van der Waals surface area contributed by atoms with Crippen LogP contribution in [-0.2, 0) is 33.8 Å². The molecule has 2 aromatic heterocycles. The van der Waals surface area contributed by atoms with E-state index in [9.17, 15) is 9.13 Å². The summed E-state index contributed by atoms with van der Waals surface area (Å²) in [6.45, 7) is 7.71. The highest BCUT2D eigenvalue weighted by molar-refractivity contribution is 7.61. The lowest BCUT2D eigenvalue weighted by Gasteiger charge is -2.24. The second-order valence-electron chi connectivity index (χ2n) is 5.96. The fourth-order valence-electron chi connectivity index (χ4n) is 2.76. The number of nitrogens with zero attached hydrogens (tertiary/aromatic N) is 4. The lowest BCUT2D eigenvalue weighted by atomic mass is 10.4. The van der Waals surface area contributed by atoms with E-state index in [-0.39, 0.29) is 50.3 Å². The summed E-state index contributed by atoms with van der Waals surface area (Å²) in [5, 5.41) is 0.209. The number of rotatable bonds is 13. The molecular weight excluding hydrogens is 432 g/mol. The Labute approximate surface area is 176 Å². The Bertz CT molecular complexity index is 943. The van der Waals surface area contributed by atoms with Crippen molar-refractivity contribution in [3.05, 3.63) is 24.0 Å². The van der Waals surface area contributed by atoms with Gasteiger partial charge in [-0.2, -0.15) is 0 Å². The summed E-state index contributed by atoms with van der Waals surface area (Å²) >= 11 is 0. The number of hydrogen-bond acceptors (Lipinski definition) is 10. The second-order valence-corrected chi connectivity index (χ2v) is 10.1. The van der Waals surface area contributed by atoms with Crippen molar-refractivity contribution in [2.45, 2.75) is 34.2 Å². The van der Waals surface area contributed by atoms with Crippen LogP contribution in [0.5, 0.6) is 0 Å². The average molecular weight is 461 g/mol. The SMILES string of the molecule is CCOP(=O)(C/C(=C\Cn1cnc2c(N)ncnc21)P(=O)(OCC)OCC)OCC. The number of aromatic nitrogens is 4. The van der Waals surface area contributed by atoms with Crippen LogP contribution < -0.4 is 5.73 Å². The lowest BCUT2D eigenvalue weighted by molar-refractivity contribution is 0.216. The average Bonchev–Trinajstić information content (AvgIpc) is 3.10. The topological polar surface area (TPSA) is 141 Å². The molecule has 2 heterocycles. The Balaban J connectivity index is 2.46. The monoisotopic (exact) mass is 461 g/mol. The third-order valence-corrected chi connectivity index (χ3v) is 8.43. The van der Waals surface area contributed by atoms with Gasteiger partial charge in [-0.25, -0.2) is 15.0 Å². The molecule has 0 aromatic carbocycles. The van der Waals surface area contributed by atoms with Crippen LogP contribution in [0.3, 0.4) is 0 Å². The van der Waals surface area contributed by atoms with E-state index in [1.807, 2.05) is 0 Å². The summed E-state index contributed by atoms with van der Waals surface area (Å²) < 4.78 is 50.0. The predicted octanol–water partition coefficient (Wildman–Crippen LogP) is 3.82. The molecule has 0 aliphatic heterocycles. The highest BCUT2D eigenvalue weighted by atomic mass is 31.2. The van der Waals surface area contributed by atoms with Crippen LogP contribution in [0.1, 0.15) is 27.7 Å². The third-order valence-electron chi connectivity index (χ3n) is 3.91. The molecule has 0 saturated heterocycles. The van der Waals surface area contributed by atoms with Crippen LogP contribution in [0.4, 0.5) is 5.82 Å². The second kappa shape index (κ2) is 11.1. The fraction of sp³-hybridized carbons (Fsp3) is 0.588. The van der Waals surface area contributed by atoms with E-state index in [0.29, 0.717) is 11.2 Å². The van der Waals surface area contributed by atoms with Gasteiger partial charge in [-0.3, -0.25) is 9.13 Å². The zero-order chi connectivity index (χ0) is 22.2. The molecule has 0 fully saturated rings. The summed E-state index contributed by atoms with van der Waals surface area (Å²) in [6, 6.07) is 0. The Morgan fingerprint density at radius 2 is 1.60 bits per heavy atom. The molecule has 2 rings (SSSR count). The molecule has 0 aliphatic rings. The van der Waals surface area contributed by atoms with Crippen molar-refractivity contribution < 1.29 is 27.2 Å². The van der Waals surface area contributed by atoms with Gasteiger partial charge in [-0.05, 0) is 27.7 Å². The Kier molecular flexibility index (Phi) is 9.15. The first-order chi connectivity index (χ1) is 14.3. The summed E-state index contributed by atoms with van der Waals surface area (Å²) in [6.07, 6.45) is 4.27. The fourth-order valence-corrected chi connectivity index (χ4v) is 6.94. The van der Waals surface area contributed by atoms with E-state index in [0.717, 1.165) is 0 Å². The molecule has 2 N–H and O–H groups in total. The van der Waals surface area contributed by atoms with Crippen molar-refractivity contribution in [1.82, 2.24) is 19.5 Å². The largest absolute Gasteiger partial charge is 0.382 e. The molecule has 0 radical (unpaired) electrons. The van der Waals surface area contributed by atoms with Crippen molar-refractivity contribution in [3.63, 3.8) is 0 Å². The highest BCUT2D eigenvalue weighted by Gasteiger charge is 2.37. The highest BCUT2D eigenvalue weighted by Crippen LogP contribution is 2.62. The molecule has 30 heavy (non-hydrogen) atoms. The normalized spacial score (nSPS) is 13.3. The zero-order valence-corrected chi connectivity index (χ0v) is 19.5. The first-order valence-corrected chi connectivity index (χ1v) is 13.0. The van der Waals surface area contributed by atoms with Gasteiger partial charge >= 0.3 is 15.2 Å². The van der Waals surface area contributed by atoms with Gasteiger partial charge in [0.05, 0.1) is 44.2 Å². The first kappa shape index (κ1) is 24.7. The van der Waals surface area contributed by atoms with Gasteiger partial charge in [0, 0.05) is 6.54 Å². The Hall–Kier alpha value is -1.61. The lowest BCUT2D eigenvalue weighted by Crippen LogP contribution is -2.08. The Morgan fingerprint density at radius 1 is 1.00 bits per heavy atom. The molecule has 0 atom stereocenters. The number of nitrogen functional groups attached to an aromatic ring is 1. The van der Waals surface area contributed by atoms with Crippen molar-refractivity contribution in [3.8, 4) is 0 Å². The van der Waals surface area contributed by atoms with Crippen molar-refractivity contribution in [2.24, 2.45) is 0 Å². The van der Waals surface area contributed by atoms with Crippen LogP contribution in [-0.4, -0.2) is 52.1 Å². The van der Waals surface area contributed by atoms with Crippen LogP contribution in [0, 0.1) is 0 Å². The molecule has 11 nitrogen and oxygen atoms in total. The number of imidazole rings is 1. The molecule has 0 unspecified atom stereocenters. The van der Waals surface area contributed by atoms with Gasteiger partial charge in [0.25, 0.3) is 0 Å². The van der Waals surface area contributed by atoms with E-state index in [4.69, 9.17) is 23.8 Å². The molecule has 168 valence electrons. The maximum absolute atomic E-state index is 13.5. The standard InChI is InChI=1S/C17H29N5O6P2/c1-5-25-29(23,26-6-2)11-14(30(24,27-7-3)28-8-4)9-10-22-13-21-15-16(18)19-12-20-17(15)22/h9,12-13H,5-8,10-11H2,1-4H3,(H2,18,19,20)/b14-9+. The molecule has 0 aliphatic carbocycles. The first-order valence-electron chi connectivity index (χ1n) is 9.70. The van der Waals surface area contributed by atoms with E-state index in [1.165, 1.54) is 6.33 Å². The van der Waals surface area contributed by atoms with E-state index < -0.39 is 15.2 Å². The van der Waals surface area contributed by atoms with E-state index in [1.54, 1.807) is 44.7 Å². The minimum Gasteiger partial charge on any atom is -0.382 e. The van der Waals surface area contributed by atoms with Crippen LogP contribution in [0.15, 0.2) is 24.0 Å². The number of hydrogen-bond donors (Lipinski definition) is 1. The van der Waals surface area contributed by atoms with Gasteiger partial charge in [-0.15, -0.1) is 0 Å². The minimum atomic E-state index is -3.72. The molecule has 13 heteroatoms. The molecule has 0 saturated carbocycles. The number of fused-ring (bicyclic) bond motifs is 1. The van der Waals surface area contributed by atoms with Crippen LogP contribution >= 0.6 is 15.2 Å². The summed E-state index contributed by atoms with van der Waals surface area (Å²) in [5.74, 6) is 0.259. The maximum atomic E-state index is 13.5. The van der Waals surface area contributed by atoms with Gasteiger partial charge in [0.2, 0.25) is 0 Å². The van der Waals surface area contributed by atoms with Gasteiger partial charge in [-0.1, -0.05) is 6.08 Å². The smallest absolute Gasteiger partial charge is 0.357 e. The molecule has 0 spiro atoms. The van der Waals surface area contributed by atoms with Crippen molar-refractivity contribution in [2.75, 3.05) is 38.3 Å². The van der Waals surface area contributed by atoms with Gasteiger partial charge in [0.1, 0.15) is 11.8 Å². The molecular formula is C17H29N5O6P2.